The number of hydrogen-bond acceptors (Lipinski definition) is 3. The third-order valence-electron chi connectivity index (χ3n) is 3.49. The number of rotatable bonds is 10. The number of ether oxygens (including phenoxy) is 2. The summed E-state index contributed by atoms with van der Waals surface area (Å²) in [6.45, 7) is 4.68. The van der Waals surface area contributed by atoms with Crippen molar-refractivity contribution in [2.24, 2.45) is 0 Å². The molecule has 0 saturated heterocycles. The van der Waals surface area contributed by atoms with Gasteiger partial charge in [0, 0.05) is 6.42 Å². The van der Waals surface area contributed by atoms with E-state index in [-0.39, 0.29) is 6.10 Å². The average Bonchev–Trinajstić information content (AvgIpc) is 2.63. The summed E-state index contributed by atoms with van der Waals surface area (Å²) in [4.78, 5) is 11.2. The third kappa shape index (κ3) is 6.19. The summed E-state index contributed by atoms with van der Waals surface area (Å²) in [6, 6.07) is 19.7. The Morgan fingerprint density at radius 2 is 1.30 bits per heavy atom. The summed E-state index contributed by atoms with van der Waals surface area (Å²) in [7, 11) is 0. The molecule has 0 aliphatic carbocycles. The third-order valence-corrected chi connectivity index (χ3v) is 3.49. The molecule has 23 heavy (non-hydrogen) atoms. The molecule has 120 valence electrons. The lowest BCUT2D eigenvalue weighted by atomic mass is 10.1. The minimum absolute atomic E-state index is 0.221. The zero-order chi connectivity index (χ0) is 16.3. The SMILES string of the molecule is C=C[C@H](C[C@H](C=O)OCc1ccccc1)OCc1ccccc1. The zero-order valence-electron chi connectivity index (χ0n) is 13.1. The summed E-state index contributed by atoms with van der Waals surface area (Å²) < 4.78 is 11.5. The van der Waals surface area contributed by atoms with Gasteiger partial charge in [-0.2, -0.15) is 0 Å². The van der Waals surface area contributed by atoms with Crippen molar-refractivity contribution in [1.29, 1.82) is 0 Å². The molecular formula is C20H22O3. The second-order valence-corrected chi connectivity index (χ2v) is 5.28. The van der Waals surface area contributed by atoms with Gasteiger partial charge in [0.2, 0.25) is 0 Å². The highest BCUT2D eigenvalue weighted by Crippen LogP contribution is 2.12. The number of benzene rings is 2. The molecule has 0 aliphatic heterocycles. The van der Waals surface area contributed by atoms with Crippen molar-refractivity contribution >= 4 is 6.29 Å². The molecule has 0 spiro atoms. The fourth-order valence-corrected chi connectivity index (χ4v) is 2.18. The Kier molecular flexibility index (Phi) is 7.24. The largest absolute Gasteiger partial charge is 0.369 e. The molecule has 0 radical (unpaired) electrons. The van der Waals surface area contributed by atoms with E-state index in [1.807, 2.05) is 60.7 Å². The van der Waals surface area contributed by atoms with Gasteiger partial charge in [0.05, 0.1) is 19.3 Å². The minimum atomic E-state index is -0.506. The highest BCUT2D eigenvalue weighted by Gasteiger charge is 2.15. The van der Waals surface area contributed by atoms with Crippen LogP contribution in [-0.4, -0.2) is 18.5 Å². The maximum Gasteiger partial charge on any atom is 0.148 e. The molecule has 3 heteroatoms. The first-order chi connectivity index (χ1) is 11.3. The molecule has 0 amide bonds. The predicted molar refractivity (Wildman–Crippen MR) is 90.9 cm³/mol. The van der Waals surface area contributed by atoms with Gasteiger partial charge in [-0.15, -0.1) is 6.58 Å². The van der Waals surface area contributed by atoms with Crippen molar-refractivity contribution in [3.63, 3.8) is 0 Å². The first-order valence-corrected chi connectivity index (χ1v) is 7.70. The van der Waals surface area contributed by atoms with Crippen molar-refractivity contribution in [3.05, 3.63) is 84.4 Å². The van der Waals surface area contributed by atoms with Crippen molar-refractivity contribution < 1.29 is 14.3 Å². The lowest BCUT2D eigenvalue weighted by molar-refractivity contribution is -0.121. The quantitative estimate of drug-likeness (QED) is 0.493. The second kappa shape index (κ2) is 9.72. The van der Waals surface area contributed by atoms with Gasteiger partial charge in [0.1, 0.15) is 12.4 Å². The Hall–Kier alpha value is -2.23. The van der Waals surface area contributed by atoms with Crippen LogP contribution in [0.3, 0.4) is 0 Å². The maximum atomic E-state index is 11.2. The van der Waals surface area contributed by atoms with Gasteiger partial charge in [-0.3, -0.25) is 0 Å². The summed E-state index contributed by atoms with van der Waals surface area (Å²) in [5, 5.41) is 0. The molecule has 3 nitrogen and oxygen atoms in total. The molecule has 0 aliphatic rings. The van der Waals surface area contributed by atoms with Crippen LogP contribution in [0.25, 0.3) is 0 Å². The lowest BCUT2D eigenvalue weighted by Crippen LogP contribution is -2.23. The maximum absolute atomic E-state index is 11.2. The van der Waals surface area contributed by atoms with Crippen LogP contribution in [0.1, 0.15) is 17.5 Å². The van der Waals surface area contributed by atoms with E-state index in [0.717, 1.165) is 17.4 Å². The Balaban J connectivity index is 1.80. The number of aldehydes is 1. The van der Waals surface area contributed by atoms with Crippen LogP contribution in [0.5, 0.6) is 0 Å². The van der Waals surface area contributed by atoms with Gasteiger partial charge in [0.25, 0.3) is 0 Å². The summed E-state index contributed by atoms with van der Waals surface area (Å²) in [5.41, 5.74) is 2.13. The molecule has 0 aromatic heterocycles. The molecule has 0 saturated carbocycles. The van der Waals surface area contributed by atoms with E-state index in [0.29, 0.717) is 19.6 Å². The van der Waals surface area contributed by atoms with Gasteiger partial charge in [-0.1, -0.05) is 66.7 Å². The van der Waals surface area contributed by atoms with Gasteiger partial charge in [0.15, 0.2) is 0 Å². The Morgan fingerprint density at radius 3 is 1.74 bits per heavy atom. The molecule has 2 rings (SSSR count). The van der Waals surface area contributed by atoms with Crippen molar-refractivity contribution in [2.45, 2.75) is 31.8 Å². The van der Waals surface area contributed by atoms with Crippen molar-refractivity contribution in [1.82, 2.24) is 0 Å². The topological polar surface area (TPSA) is 35.5 Å². The van der Waals surface area contributed by atoms with E-state index < -0.39 is 6.10 Å². The van der Waals surface area contributed by atoms with Crippen LogP contribution < -0.4 is 0 Å². The number of hydrogen-bond donors (Lipinski definition) is 0. The monoisotopic (exact) mass is 310 g/mol. The van der Waals surface area contributed by atoms with Crippen LogP contribution in [-0.2, 0) is 27.5 Å². The number of carbonyl (C=O) groups is 1. The molecule has 0 heterocycles. The van der Waals surface area contributed by atoms with Gasteiger partial charge in [-0.25, -0.2) is 0 Å². The standard InChI is InChI=1S/C20H22O3/c1-2-19(22-15-17-9-5-3-6-10-17)13-20(14-21)23-16-18-11-7-4-8-12-18/h2-12,14,19-20H,1,13,15-16H2/t19-,20-/m1/s1. The molecule has 2 aromatic carbocycles. The van der Waals surface area contributed by atoms with E-state index in [1.54, 1.807) is 6.08 Å². The van der Waals surface area contributed by atoms with Crippen molar-refractivity contribution in [2.75, 3.05) is 0 Å². The first kappa shape index (κ1) is 17.1. The number of carbonyl (C=O) groups excluding carboxylic acids is 1. The van der Waals surface area contributed by atoms with Gasteiger partial charge < -0.3 is 14.3 Å². The summed E-state index contributed by atoms with van der Waals surface area (Å²) >= 11 is 0. The van der Waals surface area contributed by atoms with Gasteiger partial charge >= 0.3 is 0 Å². The van der Waals surface area contributed by atoms with E-state index in [4.69, 9.17) is 9.47 Å². The fraction of sp³-hybridized carbons (Fsp3) is 0.250. The summed E-state index contributed by atoms with van der Waals surface area (Å²) in [6.07, 6.45) is 2.28. The van der Waals surface area contributed by atoms with Crippen LogP contribution in [0, 0.1) is 0 Å². The zero-order valence-corrected chi connectivity index (χ0v) is 13.1. The fourth-order valence-electron chi connectivity index (χ4n) is 2.18. The first-order valence-electron chi connectivity index (χ1n) is 7.70. The highest BCUT2D eigenvalue weighted by atomic mass is 16.5. The van der Waals surface area contributed by atoms with Crippen molar-refractivity contribution in [3.8, 4) is 0 Å². The van der Waals surface area contributed by atoms with E-state index >= 15 is 0 Å². The molecule has 0 bridgehead atoms. The lowest BCUT2D eigenvalue weighted by Gasteiger charge is -2.18. The second-order valence-electron chi connectivity index (χ2n) is 5.28. The Bertz CT molecular complexity index is 527. The molecule has 0 N–H and O–H groups in total. The normalized spacial score (nSPS) is 13.2. The van der Waals surface area contributed by atoms with Crippen LogP contribution in [0.15, 0.2) is 73.3 Å². The minimum Gasteiger partial charge on any atom is -0.369 e. The van der Waals surface area contributed by atoms with Gasteiger partial charge in [-0.05, 0) is 11.1 Å². The summed E-state index contributed by atoms with van der Waals surface area (Å²) in [5.74, 6) is 0. The van der Waals surface area contributed by atoms with Crippen LogP contribution >= 0.6 is 0 Å². The van der Waals surface area contributed by atoms with E-state index in [1.165, 1.54) is 0 Å². The predicted octanol–water partition coefficient (Wildman–Crippen LogP) is 3.93. The van der Waals surface area contributed by atoms with Crippen LogP contribution in [0.2, 0.25) is 0 Å². The highest BCUT2D eigenvalue weighted by molar-refractivity contribution is 5.56. The molecule has 2 aromatic rings. The van der Waals surface area contributed by atoms with E-state index in [9.17, 15) is 4.79 Å². The molecular weight excluding hydrogens is 288 g/mol. The molecule has 0 unspecified atom stereocenters. The van der Waals surface area contributed by atoms with Crippen LogP contribution in [0.4, 0.5) is 0 Å². The Morgan fingerprint density at radius 1 is 0.826 bits per heavy atom. The Labute approximate surface area is 137 Å². The average molecular weight is 310 g/mol. The smallest absolute Gasteiger partial charge is 0.148 e. The van der Waals surface area contributed by atoms with E-state index in [2.05, 4.69) is 6.58 Å². The molecule has 0 fully saturated rings. The molecule has 2 atom stereocenters.